The van der Waals surface area contributed by atoms with Crippen LogP contribution in [0.2, 0.25) is 0 Å². The van der Waals surface area contributed by atoms with Gasteiger partial charge in [0.25, 0.3) is 6.43 Å². The van der Waals surface area contributed by atoms with Crippen LogP contribution in [0, 0.1) is 0 Å². The van der Waals surface area contributed by atoms with Crippen molar-refractivity contribution in [2.75, 3.05) is 39.1 Å². The number of esters is 2. The van der Waals surface area contributed by atoms with E-state index in [0.717, 1.165) is 0 Å². The molecule has 7 nitrogen and oxygen atoms in total. The van der Waals surface area contributed by atoms with Gasteiger partial charge in [-0.25, -0.2) is 18.4 Å². The molecule has 1 aliphatic rings. The molecule has 0 N–H and O–H groups in total. The predicted molar refractivity (Wildman–Crippen MR) is 82.3 cm³/mol. The quantitative estimate of drug-likeness (QED) is 0.718. The molecule has 0 bridgehead atoms. The molecule has 1 aromatic carbocycles. The molecule has 0 saturated carbocycles. The van der Waals surface area contributed by atoms with Crippen molar-refractivity contribution < 1.29 is 37.3 Å². The van der Waals surface area contributed by atoms with Gasteiger partial charge in [-0.3, -0.25) is 0 Å². The minimum absolute atomic E-state index is 0.00171. The maximum atomic E-state index is 12.2. The maximum absolute atomic E-state index is 12.2. The molecule has 1 aliphatic heterocycles. The topological polar surface area (TPSA) is 74.3 Å². The Morgan fingerprint density at radius 3 is 2.36 bits per heavy atom. The summed E-state index contributed by atoms with van der Waals surface area (Å²) in [5.74, 6) is -1.18. The molecule has 0 spiro atoms. The lowest BCUT2D eigenvalue weighted by molar-refractivity contribution is -0.140. The Bertz CT molecular complexity index is 659. The Morgan fingerprint density at radius 2 is 1.80 bits per heavy atom. The summed E-state index contributed by atoms with van der Waals surface area (Å²) in [6.07, 6.45) is -2.58. The smallest absolute Gasteiger partial charge is 0.355 e. The van der Waals surface area contributed by atoms with Crippen molar-refractivity contribution in [3.05, 3.63) is 35.5 Å². The molecular formula is C16H17F2NO6. The van der Waals surface area contributed by atoms with Gasteiger partial charge in [-0.05, 0) is 24.3 Å². The normalized spacial score (nSPS) is 14.5. The van der Waals surface area contributed by atoms with E-state index in [4.69, 9.17) is 14.2 Å². The van der Waals surface area contributed by atoms with Crippen molar-refractivity contribution >= 4 is 17.6 Å². The number of hydrogen-bond donors (Lipinski definition) is 0. The molecule has 0 radical (unpaired) electrons. The van der Waals surface area contributed by atoms with Crippen LogP contribution in [0.3, 0.4) is 0 Å². The lowest BCUT2D eigenvalue weighted by Gasteiger charge is -2.31. The predicted octanol–water partition coefficient (Wildman–Crippen LogP) is 1.72. The van der Waals surface area contributed by atoms with E-state index >= 15 is 0 Å². The van der Waals surface area contributed by atoms with Gasteiger partial charge >= 0.3 is 11.9 Å². The van der Waals surface area contributed by atoms with E-state index in [2.05, 4.69) is 4.74 Å². The fourth-order valence-electron chi connectivity index (χ4n) is 2.23. The van der Waals surface area contributed by atoms with Crippen LogP contribution in [-0.4, -0.2) is 52.5 Å². The third-order valence-electron chi connectivity index (χ3n) is 3.36. The monoisotopic (exact) mass is 357 g/mol. The van der Waals surface area contributed by atoms with Crippen LogP contribution >= 0.6 is 0 Å². The Morgan fingerprint density at radius 1 is 1.16 bits per heavy atom. The van der Waals surface area contributed by atoms with Gasteiger partial charge < -0.3 is 23.8 Å². The number of halogens is 2. The first-order valence-corrected chi connectivity index (χ1v) is 7.24. The highest BCUT2D eigenvalue weighted by Crippen LogP contribution is 2.28. The molecule has 1 heterocycles. The fraction of sp³-hybridized carbons (Fsp3) is 0.375. The second kappa shape index (κ2) is 8.43. The van der Waals surface area contributed by atoms with Gasteiger partial charge in [0, 0.05) is 5.69 Å². The standard InChI is InChI=1S/C16H17F2NO6/c1-22-15(20)12-7-24-9-19(14(12)16(21)23-2)10-3-5-11(6-4-10)25-8-13(17)18/h3-6,13H,7-9H2,1-2H3. The molecule has 0 unspecified atom stereocenters. The summed E-state index contributed by atoms with van der Waals surface area (Å²) in [5, 5.41) is 0. The number of carbonyl (C=O) groups excluding carboxylic acids is 2. The van der Waals surface area contributed by atoms with Gasteiger partial charge in [-0.2, -0.15) is 0 Å². The molecule has 0 atom stereocenters. The summed E-state index contributed by atoms with van der Waals surface area (Å²) < 4.78 is 44.0. The number of anilines is 1. The summed E-state index contributed by atoms with van der Waals surface area (Å²) in [6.45, 7) is -0.808. The van der Waals surface area contributed by atoms with Gasteiger partial charge in [0.15, 0.2) is 0 Å². The first-order valence-electron chi connectivity index (χ1n) is 7.24. The third-order valence-corrected chi connectivity index (χ3v) is 3.36. The molecule has 2 rings (SSSR count). The highest BCUT2D eigenvalue weighted by molar-refractivity contribution is 6.03. The molecule has 25 heavy (non-hydrogen) atoms. The van der Waals surface area contributed by atoms with Crippen LogP contribution in [-0.2, 0) is 23.8 Å². The Hall–Kier alpha value is -2.68. The van der Waals surface area contributed by atoms with E-state index in [1.54, 1.807) is 12.1 Å². The van der Waals surface area contributed by atoms with Gasteiger partial charge in [0.05, 0.1) is 26.4 Å². The van der Waals surface area contributed by atoms with E-state index in [-0.39, 0.29) is 30.4 Å². The van der Waals surface area contributed by atoms with Crippen molar-refractivity contribution in [2.45, 2.75) is 6.43 Å². The maximum Gasteiger partial charge on any atom is 0.355 e. The van der Waals surface area contributed by atoms with E-state index in [1.165, 1.54) is 31.3 Å². The van der Waals surface area contributed by atoms with Crippen molar-refractivity contribution in [2.24, 2.45) is 0 Å². The highest BCUT2D eigenvalue weighted by atomic mass is 19.3. The van der Waals surface area contributed by atoms with Crippen molar-refractivity contribution in [3.63, 3.8) is 0 Å². The number of carbonyl (C=O) groups is 2. The lowest BCUT2D eigenvalue weighted by Crippen LogP contribution is -2.38. The zero-order chi connectivity index (χ0) is 18.4. The van der Waals surface area contributed by atoms with Crippen molar-refractivity contribution in [1.82, 2.24) is 0 Å². The minimum Gasteiger partial charge on any atom is -0.488 e. The van der Waals surface area contributed by atoms with Crippen molar-refractivity contribution in [1.29, 1.82) is 0 Å². The first-order chi connectivity index (χ1) is 12.0. The second-order valence-corrected chi connectivity index (χ2v) is 4.91. The van der Waals surface area contributed by atoms with Crippen LogP contribution in [0.5, 0.6) is 5.75 Å². The molecule has 0 fully saturated rings. The molecule has 0 amide bonds. The summed E-state index contributed by atoms with van der Waals surface area (Å²) >= 11 is 0. The number of nitrogens with zero attached hydrogens (tertiary/aromatic N) is 1. The third kappa shape index (κ3) is 4.44. The number of methoxy groups -OCH3 is 2. The summed E-state index contributed by atoms with van der Waals surface area (Å²) in [6, 6.07) is 6.04. The number of hydrogen-bond acceptors (Lipinski definition) is 7. The number of rotatable bonds is 6. The largest absolute Gasteiger partial charge is 0.488 e. The van der Waals surface area contributed by atoms with Crippen LogP contribution in [0.15, 0.2) is 35.5 Å². The van der Waals surface area contributed by atoms with E-state index < -0.39 is 25.0 Å². The summed E-state index contributed by atoms with van der Waals surface area (Å²) in [4.78, 5) is 25.5. The zero-order valence-corrected chi connectivity index (χ0v) is 13.7. The van der Waals surface area contributed by atoms with Crippen LogP contribution in [0.4, 0.5) is 14.5 Å². The fourth-order valence-corrected chi connectivity index (χ4v) is 2.23. The number of ether oxygens (including phenoxy) is 4. The molecule has 136 valence electrons. The number of alkyl halides is 2. The Kier molecular flexibility index (Phi) is 6.29. The van der Waals surface area contributed by atoms with Crippen LogP contribution in [0.25, 0.3) is 0 Å². The minimum atomic E-state index is -2.58. The average molecular weight is 357 g/mol. The summed E-state index contributed by atoms with van der Waals surface area (Å²) in [7, 11) is 2.39. The van der Waals surface area contributed by atoms with Gasteiger partial charge in [-0.1, -0.05) is 0 Å². The van der Waals surface area contributed by atoms with E-state index in [0.29, 0.717) is 5.69 Å². The molecule has 9 heteroatoms. The Balaban J connectivity index is 2.32. The first kappa shape index (κ1) is 18.7. The number of benzene rings is 1. The average Bonchev–Trinajstić information content (AvgIpc) is 2.64. The van der Waals surface area contributed by atoms with Crippen LogP contribution < -0.4 is 9.64 Å². The van der Waals surface area contributed by atoms with Crippen LogP contribution in [0.1, 0.15) is 0 Å². The molecule has 1 aromatic rings. The van der Waals surface area contributed by atoms with Gasteiger partial charge in [0.2, 0.25) is 0 Å². The molecule has 0 aliphatic carbocycles. The van der Waals surface area contributed by atoms with Gasteiger partial charge in [0.1, 0.15) is 24.8 Å². The van der Waals surface area contributed by atoms with Crippen molar-refractivity contribution in [3.8, 4) is 5.75 Å². The summed E-state index contributed by atoms with van der Waals surface area (Å²) in [5.41, 5.74) is 0.520. The molecular weight excluding hydrogens is 340 g/mol. The van der Waals surface area contributed by atoms with Gasteiger partial charge in [-0.15, -0.1) is 0 Å². The Labute approximate surface area is 142 Å². The van der Waals surface area contributed by atoms with E-state index in [9.17, 15) is 18.4 Å². The molecule has 0 aromatic heterocycles. The molecule has 0 saturated heterocycles. The highest BCUT2D eigenvalue weighted by Gasteiger charge is 2.32. The SMILES string of the molecule is COC(=O)C1=C(C(=O)OC)N(c2ccc(OCC(F)F)cc2)COC1. The van der Waals surface area contributed by atoms with E-state index in [1.807, 2.05) is 0 Å². The zero-order valence-electron chi connectivity index (χ0n) is 13.7. The lowest BCUT2D eigenvalue weighted by atomic mass is 10.1. The second-order valence-electron chi connectivity index (χ2n) is 4.91.